The van der Waals surface area contributed by atoms with Crippen LogP contribution in [-0.2, 0) is 12.6 Å². The van der Waals surface area contributed by atoms with E-state index in [9.17, 15) is 13.2 Å². The third-order valence-corrected chi connectivity index (χ3v) is 4.58. The van der Waals surface area contributed by atoms with Gasteiger partial charge in [-0.15, -0.1) is 11.3 Å². The van der Waals surface area contributed by atoms with Gasteiger partial charge in [-0.1, -0.05) is 6.07 Å². The van der Waals surface area contributed by atoms with Gasteiger partial charge in [0.1, 0.15) is 0 Å². The highest BCUT2D eigenvalue weighted by Crippen LogP contribution is 2.36. The molecule has 0 bridgehead atoms. The van der Waals surface area contributed by atoms with Crippen molar-refractivity contribution in [1.29, 1.82) is 0 Å². The first kappa shape index (κ1) is 13.5. The Balaban J connectivity index is 1.83. The van der Waals surface area contributed by atoms with Crippen LogP contribution < -0.4 is 5.32 Å². The van der Waals surface area contributed by atoms with Crippen LogP contribution in [0.25, 0.3) is 0 Å². The van der Waals surface area contributed by atoms with Crippen LogP contribution in [0, 0.1) is 0 Å². The Kier molecular flexibility index (Phi) is 3.46. The fraction of sp³-hybridized carbons (Fsp3) is 0.333. The molecule has 1 unspecified atom stereocenters. The number of thiophene rings is 1. The molecule has 1 heterocycles. The van der Waals surface area contributed by atoms with E-state index in [1.165, 1.54) is 22.6 Å². The SMILES string of the molecule is FC(F)(F)c1cccc(NC2CCCc3sccc32)c1. The lowest BCUT2D eigenvalue weighted by atomic mass is 9.94. The van der Waals surface area contributed by atoms with E-state index in [1.807, 2.05) is 0 Å². The third-order valence-electron chi connectivity index (χ3n) is 3.58. The minimum Gasteiger partial charge on any atom is -0.378 e. The summed E-state index contributed by atoms with van der Waals surface area (Å²) < 4.78 is 38.1. The molecule has 0 amide bonds. The molecule has 20 heavy (non-hydrogen) atoms. The van der Waals surface area contributed by atoms with Gasteiger partial charge in [0.05, 0.1) is 11.6 Å². The molecule has 1 N–H and O–H groups in total. The Morgan fingerprint density at radius 3 is 2.85 bits per heavy atom. The van der Waals surface area contributed by atoms with E-state index < -0.39 is 11.7 Å². The van der Waals surface area contributed by atoms with Crippen LogP contribution in [0.3, 0.4) is 0 Å². The van der Waals surface area contributed by atoms with Gasteiger partial charge in [-0.3, -0.25) is 0 Å². The van der Waals surface area contributed by atoms with Gasteiger partial charge in [-0.25, -0.2) is 0 Å². The first-order valence-corrected chi connectivity index (χ1v) is 7.42. The predicted octanol–water partition coefficient (Wildman–Crippen LogP) is 5.26. The molecule has 0 saturated heterocycles. The van der Waals surface area contributed by atoms with E-state index in [-0.39, 0.29) is 6.04 Å². The van der Waals surface area contributed by atoms with Crippen LogP contribution in [-0.4, -0.2) is 0 Å². The number of alkyl halides is 3. The van der Waals surface area contributed by atoms with Crippen molar-refractivity contribution in [2.24, 2.45) is 0 Å². The van der Waals surface area contributed by atoms with Crippen molar-refractivity contribution in [3.63, 3.8) is 0 Å². The minimum atomic E-state index is -4.29. The van der Waals surface area contributed by atoms with Gasteiger partial charge >= 0.3 is 6.18 Å². The Hall–Kier alpha value is -1.49. The Bertz CT molecular complexity index is 603. The van der Waals surface area contributed by atoms with Gasteiger partial charge in [0.15, 0.2) is 0 Å². The van der Waals surface area contributed by atoms with Crippen LogP contribution in [0.5, 0.6) is 0 Å². The second-order valence-electron chi connectivity index (χ2n) is 4.97. The van der Waals surface area contributed by atoms with Crippen LogP contribution in [0.15, 0.2) is 35.7 Å². The molecular formula is C15H14F3NS. The highest BCUT2D eigenvalue weighted by molar-refractivity contribution is 7.10. The summed E-state index contributed by atoms with van der Waals surface area (Å²) in [7, 11) is 0. The molecule has 1 atom stereocenters. The van der Waals surface area contributed by atoms with Crippen molar-refractivity contribution in [2.45, 2.75) is 31.5 Å². The van der Waals surface area contributed by atoms with Gasteiger partial charge in [-0.05, 0) is 54.5 Å². The van der Waals surface area contributed by atoms with Crippen LogP contribution >= 0.6 is 11.3 Å². The molecule has 2 aromatic rings. The van der Waals surface area contributed by atoms with Crippen molar-refractivity contribution in [3.8, 4) is 0 Å². The third kappa shape index (κ3) is 2.68. The molecule has 5 heteroatoms. The number of nitrogens with one attached hydrogen (secondary N) is 1. The summed E-state index contributed by atoms with van der Waals surface area (Å²) in [5, 5.41) is 5.29. The maximum absolute atomic E-state index is 12.7. The van der Waals surface area contributed by atoms with Crippen LogP contribution in [0.1, 0.15) is 34.9 Å². The summed E-state index contributed by atoms with van der Waals surface area (Å²) in [6.07, 6.45) is -1.18. The van der Waals surface area contributed by atoms with Crippen molar-refractivity contribution in [1.82, 2.24) is 0 Å². The van der Waals surface area contributed by atoms with Gasteiger partial charge in [0, 0.05) is 10.6 Å². The number of halogens is 3. The first-order valence-electron chi connectivity index (χ1n) is 6.54. The summed E-state index contributed by atoms with van der Waals surface area (Å²) in [5.74, 6) is 0. The lowest BCUT2D eigenvalue weighted by Gasteiger charge is -2.25. The molecule has 0 spiro atoms. The summed E-state index contributed by atoms with van der Waals surface area (Å²) in [6.45, 7) is 0. The van der Waals surface area contributed by atoms with Gasteiger partial charge in [-0.2, -0.15) is 13.2 Å². The van der Waals surface area contributed by atoms with Gasteiger partial charge < -0.3 is 5.32 Å². The number of anilines is 1. The number of hydrogen-bond donors (Lipinski definition) is 1. The summed E-state index contributed by atoms with van der Waals surface area (Å²) in [5.41, 5.74) is 1.16. The lowest BCUT2D eigenvalue weighted by Crippen LogP contribution is -2.16. The standard InChI is InChI=1S/C15H14F3NS/c16-15(17,18)10-3-1-4-11(9-10)19-13-5-2-6-14-12(13)7-8-20-14/h1,3-4,7-9,13,19H,2,5-6H2. The number of hydrogen-bond acceptors (Lipinski definition) is 2. The maximum Gasteiger partial charge on any atom is 0.416 e. The molecule has 0 aliphatic heterocycles. The fourth-order valence-corrected chi connectivity index (χ4v) is 3.61. The molecular weight excluding hydrogens is 283 g/mol. The molecule has 1 aliphatic carbocycles. The van der Waals surface area contributed by atoms with Crippen molar-refractivity contribution in [3.05, 3.63) is 51.7 Å². The molecule has 0 radical (unpaired) electrons. The predicted molar refractivity (Wildman–Crippen MR) is 75.1 cm³/mol. The van der Waals surface area contributed by atoms with Crippen LogP contribution in [0.4, 0.5) is 18.9 Å². The summed E-state index contributed by atoms with van der Waals surface area (Å²) >= 11 is 1.73. The Morgan fingerprint density at radius 1 is 1.20 bits per heavy atom. The van der Waals surface area contributed by atoms with E-state index in [0.717, 1.165) is 25.3 Å². The van der Waals surface area contributed by atoms with E-state index in [4.69, 9.17) is 0 Å². The molecule has 1 aliphatic rings. The number of fused-ring (bicyclic) bond motifs is 1. The normalized spacial score (nSPS) is 18.6. The van der Waals surface area contributed by atoms with E-state index >= 15 is 0 Å². The molecule has 1 aromatic heterocycles. The molecule has 1 nitrogen and oxygen atoms in total. The minimum absolute atomic E-state index is 0.119. The van der Waals surface area contributed by atoms with Crippen LogP contribution in [0.2, 0.25) is 0 Å². The van der Waals surface area contributed by atoms with E-state index in [1.54, 1.807) is 17.4 Å². The zero-order valence-electron chi connectivity index (χ0n) is 10.7. The monoisotopic (exact) mass is 297 g/mol. The molecule has 106 valence electrons. The van der Waals surface area contributed by atoms with Crippen molar-refractivity contribution >= 4 is 17.0 Å². The topological polar surface area (TPSA) is 12.0 Å². The Morgan fingerprint density at radius 2 is 2.05 bits per heavy atom. The summed E-state index contributed by atoms with van der Waals surface area (Å²) in [6, 6.07) is 7.61. The van der Waals surface area contributed by atoms with E-state index in [2.05, 4.69) is 16.8 Å². The van der Waals surface area contributed by atoms with Crippen molar-refractivity contribution < 1.29 is 13.2 Å². The molecule has 0 fully saturated rings. The number of benzene rings is 1. The van der Waals surface area contributed by atoms with Gasteiger partial charge in [0.2, 0.25) is 0 Å². The molecule has 0 saturated carbocycles. The fourth-order valence-electron chi connectivity index (χ4n) is 2.62. The molecule has 1 aromatic carbocycles. The lowest BCUT2D eigenvalue weighted by molar-refractivity contribution is -0.137. The highest BCUT2D eigenvalue weighted by Gasteiger charge is 2.30. The second kappa shape index (κ2) is 5.13. The average molecular weight is 297 g/mol. The Labute approximate surface area is 119 Å². The zero-order valence-corrected chi connectivity index (χ0v) is 11.5. The smallest absolute Gasteiger partial charge is 0.378 e. The number of rotatable bonds is 2. The first-order chi connectivity index (χ1) is 9.54. The summed E-state index contributed by atoms with van der Waals surface area (Å²) in [4.78, 5) is 1.35. The van der Waals surface area contributed by atoms with Gasteiger partial charge in [0.25, 0.3) is 0 Å². The average Bonchev–Trinajstić information content (AvgIpc) is 2.87. The van der Waals surface area contributed by atoms with Crippen molar-refractivity contribution in [2.75, 3.05) is 5.32 Å². The largest absolute Gasteiger partial charge is 0.416 e. The van der Waals surface area contributed by atoms with E-state index in [0.29, 0.717) is 5.69 Å². The highest BCUT2D eigenvalue weighted by atomic mass is 32.1. The zero-order chi connectivity index (χ0) is 14.2. The quantitative estimate of drug-likeness (QED) is 0.797. The number of aryl methyl sites for hydroxylation is 1. The maximum atomic E-state index is 12.7. The molecule has 3 rings (SSSR count). The second-order valence-corrected chi connectivity index (χ2v) is 5.97.